The van der Waals surface area contributed by atoms with Crippen LogP contribution in [0.4, 0.5) is 0 Å². The van der Waals surface area contributed by atoms with Gasteiger partial charge in [0.05, 0.1) is 26.1 Å². The standard InChI is InChI=1S/C27H48O10/c28-21-23(30)22(29)17-15-13-11-9-7-5-3-1-2-4-6-8-10-12-14-16-18-37-25(33)20-27(36,26(34)35)19-24(31)32/h23,28,30,36H,1-21H2,(H,31,32)(H,34,35). The van der Waals surface area contributed by atoms with Gasteiger partial charge in [0.2, 0.25) is 0 Å². The summed E-state index contributed by atoms with van der Waals surface area (Å²) in [5, 5.41) is 45.4. The number of hydrogen-bond acceptors (Lipinski definition) is 8. The summed E-state index contributed by atoms with van der Waals surface area (Å²) in [5.41, 5.74) is -2.65. The molecule has 0 radical (unpaired) electrons. The Kier molecular flexibility index (Phi) is 20.8. The molecule has 10 nitrogen and oxygen atoms in total. The molecule has 2 atom stereocenters. The SMILES string of the molecule is O=C(O)CC(O)(CC(=O)OCCCCCCCCCCCCCCCCCCC(=O)C(O)CO)C(=O)O. The molecule has 0 aromatic heterocycles. The lowest BCUT2D eigenvalue weighted by atomic mass is 9.96. The molecular formula is C27H48O10. The largest absolute Gasteiger partial charge is 0.481 e. The molecule has 216 valence electrons. The molecule has 5 N–H and O–H groups in total. The van der Waals surface area contributed by atoms with Crippen molar-refractivity contribution in [2.24, 2.45) is 0 Å². The molecular weight excluding hydrogens is 484 g/mol. The Hall–Kier alpha value is -2.04. The third-order valence-electron chi connectivity index (χ3n) is 6.40. The van der Waals surface area contributed by atoms with E-state index in [0.717, 1.165) is 38.5 Å². The normalized spacial score (nSPS) is 13.6. The van der Waals surface area contributed by atoms with Crippen LogP contribution in [0, 0.1) is 0 Å². The molecule has 0 saturated heterocycles. The number of carbonyl (C=O) groups is 4. The third-order valence-corrected chi connectivity index (χ3v) is 6.40. The molecule has 0 aliphatic rings. The maximum Gasteiger partial charge on any atom is 0.336 e. The highest BCUT2D eigenvalue weighted by Gasteiger charge is 2.41. The van der Waals surface area contributed by atoms with Crippen LogP contribution in [0.2, 0.25) is 0 Å². The number of esters is 1. The summed E-state index contributed by atoms with van der Waals surface area (Å²) in [4.78, 5) is 44.8. The zero-order valence-corrected chi connectivity index (χ0v) is 22.2. The Morgan fingerprint density at radius 3 is 1.43 bits per heavy atom. The second-order valence-corrected chi connectivity index (χ2v) is 9.88. The lowest BCUT2D eigenvalue weighted by molar-refractivity contribution is -0.172. The number of carboxylic acids is 2. The average molecular weight is 533 g/mol. The number of aliphatic carboxylic acids is 2. The van der Waals surface area contributed by atoms with Gasteiger partial charge in [-0.1, -0.05) is 89.9 Å². The Morgan fingerprint density at radius 2 is 1.05 bits per heavy atom. The first-order valence-corrected chi connectivity index (χ1v) is 13.8. The van der Waals surface area contributed by atoms with Crippen LogP contribution >= 0.6 is 0 Å². The van der Waals surface area contributed by atoms with Crippen LogP contribution in [0.15, 0.2) is 0 Å². The molecule has 0 heterocycles. The number of Topliss-reactive ketones (excluding diaryl/α,β-unsaturated/α-hetero) is 1. The lowest BCUT2D eigenvalue weighted by Gasteiger charge is -2.20. The summed E-state index contributed by atoms with van der Waals surface area (Å²) in [5.74, 6) is -4.46. The van der Waals surface area contributed by atoms with Crippen LogP contribution < -0.4 is 0 Å². The van der Waals surface area contributed by atoms with Crippen molar-refractivity contribution in [1.29, 1.82) is 0 Å². The number of aliphatic hydroxyl groups is 3. The maximum atomic E-state index is 11.7. The van der Waals surface area contributed by atoms with E-state index >= 15 is 0 Å². The van der Waals surface area contributed by atoms with E-state index in [1.54, 1.807) is 0 Å². The van der Waals surface area contributed by atoms with Crippen molar-refractivity contribution in [3.63, 3.8) is 0 Å². The van der Waals surface area contributed by atoms with Crippen LogP contribution in [0.5, 0.6) is 0 Å². The fourth-order valence-electron chi connectivity index (χ4n) is 4.08. The molecule has 0 aliphatic carbocycles. The number of ether oxygens (including phenoxy) is 1. The summed E-state index contributed by atoms with van der Waals surface area (Å²) >= 11 is 0. The molecule has 0 aromatic rings. The van der Waals surface area contributed by atoms with E-state index in [-0.39, 0.29) is 12.4 Å². The number of hydrogen-bond donors (Lipinski definition) is 5. The van der Waals surface area contributed by atoms with Crippen molar-refractivity contribution in [2.45, 2.75) is 134 Å². The Morgan fingerprint density at radius 1 is 0.649 bits per heavy atom. The molecule has 0 bridgehead atoms. The summed E-state index contributed by atoms with van der Waals surface area (Å²) in [6, 6.07) is 0. The zero-order chi connectivity index (χ0) is 27.9. The van der Waals surface area contributed by atoms with Gasteiger partial charge < -0.3 is 30.3 Å². The minimum atomic E-state index is -2.65. The van der Waals surface area contributed by atoms with Gasteiger partial charge >= 0.3 is 17.9 Å². The second-order valence-electron chi connectivity index (χ2n) is 9.88. The van der Waals surface area contributed by atoms with Crippen molar-refractivity contribution in [3.8, 4) is 0 Å². The molecule has 0 saturated carbocycles. The number of ketones is 1. The van der Waals surface area contributed by atoms with Gasteiger partial charge in [0, 0.05) is 6.42 Å². The van der Waals surface area contributed by atoms with Crippen LogP contribution in [0.1, 0.15) is 122 Å². The molecule has 0 aromatic carbocycles. The van der Waals surface area contributed by atoms with Crippen LogP contribution in [0.3, 0.4) is 0 Å². The number of aliphatic hydroxyl groups excluding tert-OH is 2. The van der Waals surface area contributed by atoms with Crippen molar-refractivity contribution in [1.82, 2.24) is 0 Å². The highest BCUT2D eigenvalue weighted by molar-refractivity contribution is 5.88. The highest BCUT2D eigenvalue weighted by Crippen LogP contribution is 2.18. The summed E-state index contributed by atoms with van der Waals surface area (Å²) in [6.45, 7) is -0.372. The van der Waals surface area contributed by atoms with Gasteiger partial charge in [-0.05, 0) is 12.8 Å². The quantitative estimate of drug-likeness (QED) is 0.0813. The summed E-state index contributed by atoms with van der Waals surface area (Å²) in [6.07, 6.45) is 14.7. The summed E-state index contributed by atoms with van der Waals surface area (Å²) < 4.78 is 4.93. The second kappa shape index (κ2) is 22.0. The highest BCUT2D eigenvalue weighted by atomic mass is 16.5. The van der Waals surface area contributed by atoms with E-state index in [4.69, 9.17) is 20.1 Å². The third kappa shape index (κ3) is 19.7. The van der Waals surface area contributed by atoms with Gasteiger partial charge in [-0.2, -0.15) is 0 Å². The van der Waals surface area contributed by atoms with E-state index in [2.05, 4.69) is 0 Å². The Labute approximate surface area is 220 Å². The van der Waals surface area contributed by atoms with Gasteiger partial charge in [-0.15, -0.1) is 0 Å². The first kappa shape index (κ1) is 35.0. The minimum absolute atomic E-state index is 0.121. The molecule has 10 heteroatoms. The van der Waals surface area contributed by atoms with Crippen LogP contribution in [0.25, 0.3) is 0 Å². The monoisotopic (exact) mass is 532 g/mol. The summed E-state index contributed by atoms with van der Waals surface area (Å²) in [7, 11) is 0. The Balaban J connectivity index is 3.44. The smallest absolute Gasteiger partial charge is 0.336 e. The van der Waals surface area contributed by atoms with Crippen LogP contribution in [-0.4, -0.2) is 74.1 Å². The fourth-order valence-corrected chi connectivity index (χ4v) is 4.08. The topological polar surface area (TPSA) is 179 Å². The molecule has 0 spiro atoms. The van der Waals surface area contributed by atoms with Crippen molar-refractivity contribution in [3.05, 3.63) is 0 Å². The van der Waals surface area contributed by atoms with E-state index < -0.39 is 49.1 Å². The minimum Gasteiger partial charge on any atom is -0.481 e. The van der Waals surface area contributed by atoms with Crippen molar-refractivity contribution < 1.29 is 49.4 Å². The maximum absolute atomic E-state index is 11.7. The van der Waals surface area contributed by atoms with Gasteiger partial charge in [-0.25, -0.2) is 4.79 Å². The fraction of sp³-hybridized carbons (Fsp3) is 0.852. The van der Waals surface area contributed by atoms with E-state index in [1.165, 1.54) is 57.8 Å². The molecule has 0 amide bonds. The zero-order valence-electron chi connectivity index (χ0n) is 22.2. The molecule has 37 heavy (non-hydrogen) atoms. The number of carboxylic acid groups (broad SMARTS) is 2. The molecule has 0 aliphatic heterocycles. The number of carbonyl (C=O) groups excluding carboxylic acids is 2. The van der Waals surface area contributed by atoms with Gasteiger partial charge in [0.25, 0.3) is 0 Å². The van der Waals surface area contributed by atoms with Crippen molar-refractivity contribution in [2.75, 3.05) is 13.2 Å². The Bertz CT molecular complexity index is 651. The molecule has 0 rings (SSSR count). The number of rotatable bonds is 26. The van der Waals surface area contributed by atoms with E-state index in [9.17, 15) is 29.4 Å². The van der Waals surface area contributed by atoms with E-state index in [0.29, 0.717) is 12.8 Å². The number of unbranched alkanes of at least 4 members (excludes halogenated alkanes) is 15. The lowest BCUT2D eigenvalue weighted by Crippen LogP contribution is -2.43. The van der Waals surface area contributed by atoms with Crippen LogP contribution in [-0.2, 0) is 23.9 Å². The van der Waals surface area contributed by atoms with Crippen molar-refractivity contribution >= 4 is 23.7 Å². The molecule has 2 unspecified atom stereocenters. The average Bonchev–Trinajstić information content (AvgIpc) is 2.83. The first-order chi connectivity index (χ1) is 17.6. The predicted molar refractivity (Wildman–Crippen MR) is 137 cm³/mol. The predicted octanol–water partition coefficient (Wildman–Crippen LogP) is 3.76. The first-order valence-electron chi connectivity index (χ1n) is 13.8. The van der Waals surface area contributed by atoms with Gasteiger partial charge in [-0.3, -0.25) is 14.4 Å². The van der Waals surface area contributed by atoms with E-state index in [1.807, 2.05) is 0 Å². The van der Waals surface area contributed by atoms with Gasteiger partial charge in [0.15, 0.2) is 11.4 Å². The van der Waals surface area contributed by atoms with Gasteiger partial charge in [0.1, 0.15) is 6.10 Å². The molecule has 0 fully saturated rings.